The second-order valence-corrected chi connectivity index (χ2v) is 5.99. The van der Waals surface area contributed by atoms with E-state index >= 15 is 0 Å². The van der Waals surface area contributed by atoms with E-state index in [9.17, 15) is 9.59 Å². The van der Waals surface area contributed by atoms with E-state index in [0.29, 0.717) is 12.6 Å². The van der Waals surface area contributed by atoms with Gasteiger partial charge in [-0.05, 0) is 26.7 Å². The highest BCUT2D eigenvalue weighted by molar-refractivity contribution is 5.76. The molecule has 2 heterocycles. The first-order chi connectivity index (χ1) is 9.49. The Morgan fingerprint density at radius 1 is 1.15 bits per heavy atom. The standard InChI is InChI=1S/C14H25N3O3/c1-11(2)15-6-8-16(9-7-15)14(20)17-5-3-4-12(17)10-13(18)19/h11-12H,3-10H2,1-2H3,(H,18,19). The van der Waals surface area contributed by atoms with E-state index in [1.54, 1.807) is 4.90 Å². The summed E-state index contributed by atoms with van der Waals surface area (Å²) in [6, 6.07) is 0.416. The van der Waals surface area contributed by atoms with Crippen molar-refractivity contribution in [2.45, 2.75) is 45.2 Å². The number of hydrogen-bond acceptors (Lipinski definition) is 3. The smallest absolute Gasteiger partial charge is 0.320 e. The Balaban J connectivity index is 1.89. The number of amides is 2. The van der Waals surface area contributed by atoms with Gasteiger partial charge < -0.3 is 14.9 Å². The van der Waals surface area contributed by atoms with Gasteiger partial charge in [-0.25, -0.2) is 4.79 Å². The Labute approximate surface area is 120 Å². The fourth-order valence-corrected chi connectivity index (χ4v) is 3.11. The van der Waals surface area contributed by atoms with Crippen molar-refractivity contribution < 1.29 is 14.7 Å². The Bertz CT molecular complexity index is 365. The van der Waals surface area contributed by atoms with Crippen molar-refractivity contribution in [2.24, 2.45) is 0 Å². The van der Waals surface area contributed by atoms with Crippen LogP contribution in [0, 0.1) is 0 Å². The van der Waals surface area contributed by atoms with Crippen LogP contribution in [0.2, 0.25) is 0 Å². The third-order valence-electron chi connectivity index (χ3n) is 4.35. The topological polar surface area (TPSA) is 64.1 Å². The second kappa shape index (κ2) is 6.43. The summed E-state index contributed by atoms with van der Waals surface area (Å²) < 4.78 is 0. The highest BCUT2D eigenvalue weighted by Crippen LogP contribution is 2.22. The number of nitrogens with zero attached hydrogens (tertiary/aromatic N) is 3. The van der Waals surface area contributed by atoms with Crippen molar-refractivity contribution >= 4 is 12.0 Å². The predicted molar refractivity (Wildman–Crippen MR) is 75.7 cm³/mol. The maximum Gasteiger partial charge on any atom is 0.320 e. The Hall–Kier alpha value is -1.30. The number of carbonyl (C=O) groups is 2. The molecule has 0 saturated carbocycles. The van der Waals surface area contributed by atoms with Gasteiger partial charge >= 0.3 is 12.0 Å². The Kier molecular flexibility index (Phi) is 4.86. The van der Waals surface area contributed by atoms with Crippen LogP contribution in [0.15, 0.2) is 0 Å². The van der Waals surface area contributed by atoms with Crippen LogP contribution in [-0.2, 0) is 4.79 Å². The molecule has 6 nitrogen and oxygen atoms in total. The van der Waals surface area contributed by atoms with Gasteiger partial charge in [0.25, 0.3) is 0 Å². The molecule has 2 aliphatic heterocycles. The van der Waals surface area contributed by atoms with Gasteiger partial charge in [-0.3, -0.25) is 9.69 Å². The number of aliphatic carboxylic acids is 1. The van der Waals surface area contributed by atoms with Crippen LogP contribution in [0.1, 0.15) is 33.1 Å². The van der Waals surface area contributed by atoms with E-state index in [1.807, 2.05) is 4.90 Å². The number of piperazine rings is 1. The van der Waals surface area contributed by atoms with Crippen molar-refractivity contribution in [1.29, 1.82) is 0 Å². The highest BCUT2D eigenvalue weighted by atomic mass is 16.4. The van der Waals surface area contributed by atoms with E-state index in [4.69, 9.17) is 5.11 Å². The summed E-state index contributed by atoms with van der Waals surface area (Å²) in [7, 11) is 0. The van der Waals surface area contributed by atoms with Gasteiger partial charge in [-0.2, -0.15) is 0 Å². The van der Waals surface area contributed by atoms with E-state index in [2.05, 4.69) is 18.7 Å². The van der Waals surface area contributed by atoms with E-state index in [1.165, 1.54) is 0 Å². The summed E-state index contributed by atoms with van der Waals surface area (Å²) >= 11 is 0. The van der Waals surface area contributed by atoms with Gasteiger partial charge in [0.1, 0.15) is 0 Å². The fraction of sp³-hybridized carbons (Fsp3) is 0.857. The van der Waals surface area contributed by atoms with Crippen LogP contribution in [-0.4, -0.2) is 76.6 Å². The zero-order valence-corrected chi connectivity index (χ0v) is 12.4. The number of carboxylic acids is 1. The number of hydrogen-bond donors (Lipinski definition) is 1. The fourth-order valence-electron chi connectivity index (χ4n) is 3.11. The molecular weight excluding hydrogens is 258 g/mol. The average Bonchev–Trinajstić information content (AvgIpc) is 2.85. The normalized spacial score (nSPS) is 24.4. The molecule has 0 aromatic heterocycles. The second-order valence-electron chi connectivity index (χ2n) is 5.99. The molecule has 0 aliphatic carbocycles. The molecule has 114 valence electrons. The van der Waals surface area contributed by atoms with Crippen molar-refractivity contribution in [3.05, 3.63) is 0 Å². The Morgan fingerprint density at radius 2 is 1.80 bits per heavy atom. The molecule has 1 N–H and O–H groups in total. The van der Waals surface area contributed by atoms with E-state index in [0.717, 1.165) is 39.0 Å². The predicted octanol–water partition coefficient (Wildman–Crippen LogP) is 1.07. The lowest BCUT2D eigenvalue weighted by Crippen LogP contribution is -2.55. The van der Waals surface area contributed by atoms with Gasteiger partial charge in [0.05, 0.1) is 6.42 Å². The summed E-state index contributed by atoms with van der Waals surface area (Å²) in [6.07, 6.45) is 1.79. The van der Waals surface area contributed by atoms with Crippen molar-refractivity contribution in [1.82, 2.24) is 14.7 Å². The minimum Gasteiger partial charge on any atom is -0.481 e. The quantitative estimate of drug-likeness (QED) is 0.841. The molecule has 6 heteroatoms. The van der Waals surface area contributed by atoms with Gasteiger partial charge in [-0.1, -0.05) is 0 Å². The van der Waals surface area contributed by atoms with Gasteiger partial charge in [0.2, 0.25) is 0 Å². The minimum absolute atomic E-state index is 0.0251. The van der Waals surface area contributed by atoms with Crippen LogP contribution < -0.4 is 0 Å². The molecular formula is C14H25N3O3. The lowest BCUT2D eigenvalue weighted by Gasteiger charge is -2.39. The maximum absolute atomic E-state index is 12.5. The van der Waals surface area contributed by atoms with Gasteiger partial charge in [0.15, 0.2) is 0 Å². The molecule has 0 aromatic carbocycles. The van der Waals surface area contributed by atoms with Crippen LogP contribution >= 0.6 is 0 Å². The maximum atomic E-state index is 12.5. The first kappa shape index (κ1) is 15.1. The third kappa shape index (κ3) is 3.42. The summed E-state index contributed by atoms with van der Waals surface area (Å²) in [4.78, 5) is 29.4. The molecule has 2 amide bonds. The molecule has 0 bridgehead atoms. The summed E-state index contributed by atoms with van der Waals surface area (Å²) in [6.45, 7) is 8.32. The third-order valence-corrected chi connectivity index (χ3v) is 4.35. The molecule has 2 saturated heterocycles. The zero-order chi connectivity index (χ0) is 14.7. The van der Waals surface area contributed by atoms with Gasteiger partial charge in [0, 0.05) is 44.8 Å². The molecule has 20 heavy (non-hydrogen) atoms. The molecule has 2 rings (SSSR count). The molecule has 1 atom stereocenters. The number of likely N-dealkylation sites (tertiary alicyclic amines) is 1. The van der Waals surface area contributed by atoms with Crippen LogP contribution in [0.5, 0.6) is 0 Å². The summed E-state index contributed by atoms with van der Waals surface area (Å²) in [5.74, 6) is -0.820. The number of rotatable bonds is 3. The van der Waals surface area contributed by atoms with Crippen LogP contribution in [0.25, 0.3) is 0 Å². The minimum atomic E-state index is -0.820. The highest BCUT2D eigenvalue weighted by Gasteiger charge is 2.34. The van der Waals surface area contributed by atoms with Crippen LogP contribution in [0.3, 0.4) is 0 Å². The summed E-state index contributed by atoms with van der Waals surface area (Å²) in [5.41, 5.74) is 0. The molecule has 2 aliphatic rings. The Morgan fingerprint density at radius 3 is 2.35 bits per heavy atom. The van der Waals surface area contributed by atoms with Gasteiger partial charge in [-0.15, -0.1) is 0 Å². The lowest BCUT2D eigenvalue weighted by atomic mass is 10.1. The zero-order valence-electron chi connectivity index (χ0n) is 12.4. The largest absolute Gasteiger partial charge is 0.481 e. The number of carbonyl (C=O) groups excluding carboxylic acids is 1. The van der Waals surface area contributed by atoms with E-state index in [-0.39, 0.29) is 18.5 Å². The summed E-state index contributed by atoms with van der Waals surface area (Å²) in [5, 5.41) is 8.92. The average molecular weight is 283 g/mol. The molecule has 0 radical (unpaired) electrons. The lowest BCUT2D eigenvalue weighted by molar-refractivity contribution is -0.138. The van der Waals surface area contributed by atoms with Crippen molar-refractivity contribution in [2.75, 3.05) is 32.7 Å². The first-order valence-electron chi connectivity index (χ1n) is 7.50. The van der Waals surface area contributed by atoms with Crippen molar-refractivity contribution in [3.63, 3.8) is 0 Å². The molecule has 1 unspecified atom stereocenters. The molecule has 2 fully saturated rings. The number of carboxylic acid groups (broad SMARTS) is 1. The van der Waals surface area contributed by atoms with E-state index < -0.39 is 5.97 Å². The van der Waals surface area contributed by atoms with Crippen LogP contribution in [0.4, 0.5) is 4.79 Å². The number of urea groups is 1. The monoisotopic (exact) mass is 283 g/mol. The molecule has 0 spiro atoms. The molecule has 0 aromatic rings. The first-order valence-corrected chi connectivity index (χ1v) is 7.50. The SMILES string of the molecule is CC(C)N1CCN(C(=O)N2CCCC2CC(=O)O)CC1. The van der Waals surface area contributed by atoms with Crippen molar-refractivity contribution in [3.8, 4) is 0 Å².